The van der Waals surface area contributed by atoms with Gasteiger partial charge < -0.3 is 9.64 Å². The van der Waals surface area contributed by atoms with Crippen LogP contribution in [0.1, 0.15) is 25.3 Å². The van der Waals surface area contributed by atoms with Crippen molar-refractivity contribution in [3.63, 3.8) is 0 Å². The van der Waals surface area contributed by atoms with E-state index in [-0.39, 0.29) is 0 Å². The molecule has 0 saturated heterocycles. The van der Waals surface area contributed by atoms with Gasteiger partial charge in [0.05, 0.1) is 15.6 Å². The molecule has 0 N–H and O–H groups in total. The van der Waals surface area contributed by atoms with Crippen molar-refractivity contribution in [3.05, 3.63) is 41.7 Å². The van der Waals surface area contributed by atoms with Crippen molar-refractivity contribution in [1.82, 2.24) is 4.90 Å². The molecule has 0 radical (unpaired) electrons. The minimum Gasteiger partial charge on any atom is -0.455 e. The molecule has 2 aliphatic rings. The van der Waals surface area contributed by atoms with Crippen LogP contribution in [0.5, 0.6) is 5.75 Å². The topological polar surface area (TPSA) is 41.9 Å². The molecule has 0 aromatic heterocycles. The first-order chi connectivity index (χ1) is 11.4. The van der Waals surface area contributed by atoms with E-state index in [1.54, 1.807) is 0 Å². The molecule has 0 spiro atoms. The molecule has 126 valence electrons. The fourth-order valence-electron chi connectivity index (χ4n) is 3.03. The van der Waals surface area contributed by atoms with Crippen molar-refractivity contribution >= 4 is 63.5 Å². The van der Waals surface area contributed by atoms with Crippen molar-refractivity contribution in [2.75, 3.05) is 14.1 Å². The van der Waals surface area contributed by atoms with Crippen LogP contribution in [-0.4, -0.2) is 31.6 Å². The van der Waals surface area contributed by atoms with Gasteiger partial charge in [0, 0.05) is 34.4 Å². The predicted molar refractivity (Wildman–Crippen MR) is 113 cm³/mol. The molecule has 4 nitrogen and oxygen atoms in total. The molecule has 1 aliphatic carbocycles. The third kappa shape index (κ3) is 3.40. The first-order valence-corrected chi connectivity index (χ1v) is 9.86. The summed E-state index contributed by atoms with van der Waals surface area (Å²) in [5.41, 5.74) is 3.70. The summed E-state index contributed by atoms with van der Waals surface area (Å²) in [6.07, 6.45) is 4.36. The number of aliphatic imine (C=N–C) groups is 1. The first-order valence-electron chi connectivity index (χ1n) is 7.70. The number of ether oxygens (including phenoxy) is 1. The highest BCUT2D eigenvalue weighted by Crippen LogP contribution is 2.47. The van der Waals surface area contributed by atoms with E-state index in [9.17, 15) is 4.79 Å². The van der Waals surface area contributed by atoms with Gasteiger partial charge in [0.2, 0.25) is 0 Å². The van der Waals surface area contributed by atoms with Crippen molar-refractivity contribution in [3.8, 4) is 5.75 Å². The third-order valence-electron chi connectivity index (χ3n) is 4.00. The number of fused-ring (bicyclic) bond motifs is 2. The highest BCUT2D eigenvalue weighted by Gasteiger charge is 2.33. The van der Waals surface area contributed by atoms with E-state index >= 15 is 0 Å². The number of carbonyl (C=O) groups is 1. The van der Waals surface area contributed by atoms with Crippen LogP contribution in [0.4, 0.5) is 0 Å². The van der Waals surface area contributed by atoms with E-state index < -0.39 is 0 Å². The Bertz CT molecular complexity index is 794. The minimum atomic E-state index is 0.403. The van der Waals surface area contributed by atoms with E-state index in [1.807, 2.05) is 25.3 Å². The lowest BCUT2D eigenvalue weighted by molar-refractivity contribution is -0.105. The number of benzene rings is 1. The number of hydrogen-bond donors (Lipinski definition) is 0. The Morgan fingerprint density at radius 2 is 2.04 bits per heavy atom. The summed E-state index contributed by atoms with van der Waals surface area (Å²) in [6.45, 7) is 2.16. The number of carbonyl (C=O) groups excluding carboxylic acids is 1. The molecule has 1 aromatic rings. The summed E-state index contributed by atoms with van der Waals surface area (Å²) < 4.78 is 8.38. The monoisotopic (exact) mass is 548 g/mol. The summed E-state index contributed by atoms with van der Waals surface area (Å²) >= 11 is 4.59. The summed E-state index contributed by atoms with van der Waals surface area (Å²) in [7, 11) is 3.90. The summed E-state index contributed by atoms with van der Waals surface area (Å²) in [5, 5.41) is 0. The maximum Gasteiger partial charge on any atom is 0.150 e. The van der Waals surface area contributed by atoms with Crippen molar-refractivity contribution < 1.29 is 9.53 Å². The standard InChI is InChI=1S/C18H18I2N2O2/c1-10-4-11(8-23)17-13(5-10)16(21-9-22(2)3)14-6-12(19)7-15(20)18(14)24-17/h6-10H,4-5H2,1-3H3. The lowest BCUT2D eigenvalue weighted by atomic mass is 9.83. The van der Waals surface area contributed by atoms with Gasteiger partial charge in [-0.15, -0.1) is 0 Å². The van der Waals surface area contributed by atoms with Crippen LogP contribution in [0, 0.1) is 13.1 Å². The molecule has 24 heavy (non-hydrogen) atoms. The summed E-state index contributed by atoms with van der Waals surface area (Å²) in [5.74, 6) is 1.91. The van der Waals surface area contributed by atoms with Crippen LogP contribution in [0.3, 0.4) is 0 Å². The predicted octanol–water partition coefficient (Wildman–Crippen LogP) is 4.47. The van der Waals surface area contributed by atoms with Gasteiger partial charge in [-0.2, -0.15) is 0 Å². The second kappa shape index (κ2) is 7.15. The van der Waals surface area contributed by atoms with Crippen LogP contribution < -0.4 is 4.74 Å². The van der Waals surface area contributed by atoms with Gasteiger partial charge in [0.1, 0.15) is 17.8 Å². The van der Waals surface area contributed by atoms with E-state index in [4.69, 9.17) is 9.73 Å². The van der Waals surface area contributed by atoms with Gasteiger partial charge in [-0.05, 0) is 76.1 Å². The Balaban J connectivity index is 2.30. The Hall–Kier alpha value is -0.900. The van der Waals surface area contributed by atoms with E-state index in [0.29, 0.717) is 11.7 Å². The Kier molecular flexibility index (Phi) is 5.33. The average Bonchev–Trinajstić information content (AvgIpc) is 2.51. The van der Waals surface area contributed by atoms with Gasteiger partial charge >= 0.3 is 0 Å². The van der Waals surface area contributed by atoms with Crippen LogP contribution in [0.2, 0.25) is 0 Å². The summed E-state index contributed by atoms with van der Waals surface area (Å²) in [4.78, 5) is 18.2. The molecule has 0 saturated carbocycles. The van der Waals surface area contributed by atoms with Gasteiger partial charge in [-0.25, -0.2) is 4.99 Å². The molecule has 0 fully saturated rings. The molecule has 3 rings (SSSR count). The zero-order valence-electron chi connectivity index (χ0n) is 13.8. The largest absolute Gasteiger partial charge is 0.455 e. The number of nitrogens with zero attached hydrogens (tertiary/aromatic N) is 2. The number of halogens is 2. The highest BCUT2D eigenvalue weighted by molar-refractivity contribution is 14.1. The second-order valence-corrected chi connectivity index (χ2v) is 8.80. The van der Waals surface area contributed by atoms with E-state index in [2.05, 4.69) is 64.2 Å². The van der Waals surface area contributed by atoms with Gasteiger partial charge in [0.15, 0.2) is 0 Å². The lowest BCUT2D eigenvalue weighted by Crippen LogP contribution is -2.21. The molecular formula is C18H18I2N2O2. The number of rotatable bonds is 3. The fourth-order valence-corrected chi connectivity index (χ4v) is 4.99. The van der Waals surface area contributed by atoms with Crippen molar-refractivity contribution in [2.45, 2.75) is 19.8 Å². The lowest BCUT2D eigenvalue weighted by Gasteiger charge is -2.31. The van der Waals surface area contributed by atoms with Crippen molar-refractivity contribution in [1.29, 1.82) is 0 Å². The van der Waals surface area contributed by atoms with Crippen molar-refractivity contribution in [2.24, 2.45) is 10.9 Å². The average molecular weight is 548 g/mol. The molecule has 1 atom stereocenters. The molecule has 0 bridgehead atoms. The first kappa shape index (κ1) is 17.9. The number of allylic oxidation sites excluding steroid dienone is 2. The quantitative estimate of drug-likeness (QED) is 0.243. The fraction of sp³-hybridized carbons (Fsp3) is 0.333. The normalized spacial score (nSPS) is 20.0. The SMILES string of the molecule is CC1CC(C=O)=C2Oc3c(I)cc(I)cc3C(N=CN(C)C)=C2C1. The van der Waals surface area contributed by atoms with Crippen LogP contribution in [0.15, 0.2) is 34.0 Å². The molecule has 1 aromatic carbocycles. The molecule has 1 heterocycles. The molecule has 6 heteroatoms. The molecular weight excluding hydrogens is 530 g/mol. The zero-order valence-corrected chi connectivity index (χ0v) is 18.1. The maximum absolute atomic E-state index is 11.6. The zero-order chi connectivity index (χ0) is 17.4. The van der Waals surface area contributed by atoms with Gasteiger partial charge in [0.25, 0.3) is 0 Å². The Morgan fingerprint density at radius 3 is 2.71 bits per heavy atom. The van der Waals surface area contributed by atoms with Gasteiger partial charge in [-0.1, -0.05) is 6.92 Å². The second-order valence-electron chi connectivity index (χ2n) is 6.39. The minimum absolute atomic E-state index is 0.403. The Morgan fingerprint density at radius 1 is 1.29 bits per heavy atom. The number of aldehydes is 1. The Labute approximate surface area is 169 Å². The highest BCUT2D eigenvalue weighted by atomic mass is 127. The van der Waals surface area contributed by atoms with E-state index in [0.717, 1.165) is 54.4 Å². The molecule has 1 aliphatic heterocycles. The smallest absolute Gasteiger partial charge is 0.150 e. The van der Waals surface area contributed by atoms with Crippen LogP contribution >= 0.6 is 45.2 Å². The third-order valence-corrected chi connectivity index (χ3v) is 5.42. The molecule has 1 unspecified atom stereocenters. The van der Waals surface area contributed by atoms with Crippen LogP contribution in [0.25, 0.3) is 5.70 Å². The number of hydrogen-bond acceptors (Lipinski definition) is 3. The van der Waals surface area contributed by atoms with E-state index in [1.165, 1.54) is 0 Å². The molecule has 0 amide bonds. The maximum atomic E-state index is 11.6. The van der Waals surface area contributed by atoms with Crippen LogP contribution in [-0.2, 0) is 4.79 Å². The summed E-state index contributed by atoms with van der Waals surface area (Å²) in [6, 6.07) is 4.18. The van der Waals surface area contributed by atoms with Gasteiger partial charge in [-0.3, -0.25) is 4.79 Å².